The highest BCUT2D eigenvalue weighted by Gasteiger charge is 2.43. The molecule has 4 N–H and O–H groups in total. The van der Waals surface area contributed by atoms with E-state index in [1.165, 1.54) is 13.3 Å². The summed E-state index contributed by atoms with van der Waals surface area (Å²) in [5.74, 6) is -0.550. The number of aromatic nitrogens is 2. The van der Waals surface area contributed by atoms with E-state index in [0.717, 1.165) is 4.57 Å². The molecule has 4 atom stereocenters. The molecule has 1 saturated heterocycles. The summed E-state index contributed by atoms with van der Waals surface area (Å²) in [6.07, 6.45) is -3.87. The third-order valence-electron chi connectivity index (χ3n) is 3.40. The molecule has 122 valence electrons. The second-order valence-electron chi connectivity index (χ2n) is 4.80. The third-order valence-corrected chi connectivity index (χ3v) is 3.76. The van der Waals surface area contributed by atoms with Gasteiger partial charge in [-0.25, -0.2) is 4.79 Å². The molecule has 0 aliphatic carbocycles. The summed E-state index contributed by atoms with van der Waals surface area (Å²) in [6.45, 7) is -0.513. The SMILES string of the molecule is COC(=O)Cc1cn([C@@H]2O[C@H](CO)[C@@H](O)[C@H]2O)c(=O)[nH]c1=S. The topological polar surface area (TPSA) is 134 Å². The van der Waals surface area contributed by atoms with Crippen LogP contribution in [0.5, 0.6) is 0 Å². The van der Waals surface area contributed by atoms with Crippen LogP contribution in [0.2, 0.25) is 0 Å². The molecule has 1 aromatic rings. The number of hydrogen-bond donors (Lipinski definition) is 4. The predicted molar refractivity (Wildman–Crippen MR) is 74.6 cm³/mol. The zero-order valence-electron chi connectivity index (χ0n) is 11.6. The highest BCUT2D eigenvalue weighted by Crippen LogP contribution is 2.28. The number of esters is 1. The lowest BCUT2D eigenvalue weighted by Crippen LogP contribution is -2.36. The molecule has 10 heteroatoms. The fourth-order valence-electron chi connectivity index (χ4n) is 2.18. The first kappa shape index (κ1) is 16.8. The standard InChI is InChI=1S/C12H16N2O7S/c1-20-7(16)2-5-3-14(12(19)13-10(5)22)11-9(18)8(17)6(4-15)21-11/h3,6,8-9,11,15,17-18H,2,4H2,1H3,(H,13,19,22)/t6-,8-,9-,11-/m1/s1. The smallest absolute Gasteiger partial charge is 0.328 e. The Bertz CT molecular complexity index is 670. The monoisotopic (exact) mass is 332 g/mol. The molecule has 0 spiro atoms. The molecule has 1 aliphatic rings. The largest absolute Gasteiger partial charge is 0.469 e. The van der Waals surface area contributed by atoms with Gasteiger partial charge in [-0.3, -0.25) is 14.3 Å². The number of methoxy groups -OCH3 is 1. The average molecular weight is 332 g/mol. The van der Waals surface area contributed by atoms with Gasteiger partial charge >= 0.3 is 11.7 Å². The van der Waals surface area contributed by atoms with E-state index < -0.39 is 42.8 Å². The Hall–Kier alpha value is -1.59. The first-order chi connectivity index (χ1) is 10.4. The van der Waals surface area contributed by atoms with E-state index in [2.05, 4.69) is 9.72 Å². The molecule has 0 saturated carbocycles. The van der Waals surface area contributed by atoms with Crippen molar-refractivity contribution in [3.05, 3.63) is 26.9 Å². The summed E-state index contributed by atoms with van der Waals surface area (Å²) in [6, 6.07) is 0. The number of carbonyl (C=O) groups excluding carboxylic acids is 1. The number of hydrogen-bond acceptors (Lipinski definition) is 8. The van der Waals surface area contributed by atoms with Crippen LogP contribution < -0.4 is 5.69 Å². The molecular weight excluding hydrogens is 316 g/mol. The summed E-state index contributed by atoms with van der Waals surface area (Å²) in [5, 5.41) is 28.7. The number of nitrogens with one attached hydrogen (secondary N) is 1. The number of aliphatic hydroxyl groups excluding tert-OH is 3. The number of ether oxygens (including phenoxy) is 2. The summed E-state index contributed by atoms with van der Waals surface area (Å²) < 4.78 is 10.9. The lowest BCUT2D eigenvalue weighted by Gasteiger charge is -2.18. The minimum Gasteiger partial charge on any atom is -0.469 e. The van der Waals surface area contributed by atoms with Crippen molar-refractivity contribution in [2.45, 2.75) is 31.0 Å². The van der Waals surface area contributed by atoms with Gasteiger partial charge in [-0.05, 0) is 0 Å². The van der Waals surface area contributed by atoms with Crippen molar-refractivity contribution in [2.75, 3.05) is 13.7 Å². The minimum absolute atomic E-state index is 0.0680. The molecule has 0 bridgehead atoms. The minimum atomic E-state index is -1.41. The number of nitrogens with zero attached hydrogens (tertiary/aromatic N) is 1. The van der Waals surface area contributed by atoms with Crippen molar-refractivity contribution in [1.29, 1.82) is 0 Å². The van der Waals surface area contributed by atoms with Crippen LogP contribution in [0.3, 0.4) is 0 Å². The van der Waals surface area contributed by atoms with Crippen LogP contribution in [0.25, 0.3) is 0 Å². The normalized spacial score (nSPS) is 27.8. The summed E-state index contributed by atoms with van der Waals surface area (Å²) >= 11 is 4.97. The molecule has 1 aliphatic heterocycles. The lowest BCUT2D eigenvalue weighted by molar-refractivity contribution is -0.139. The van der Waals surface area contributed by atoms with Crippen LogP contribution in [0.4, 0.5) is 0 Å². The molecular formula is C12H16N2O7S. The van der Waals surface area contributed by atoms with Crippen LogP contribution in [0.15, 0.2) is 11.0 Å². The van der Waals surface area contributed by atoms with E-state index in [-0.39, 0.29) is 11.1 Å². The van der Waals surface area contributed by atoms with Gasteiger partial charge in [0, 0.05) is 11.8 Å². The molecule has 9 nitrogen and oxygen atoms in total. The summed E-state index contributed by atoms with van der Waals surface area (Å²) in [4.78, 5) is 25.7. The molecule has 0 aromatic carbocycles. The molecule has 0 radical (unpaired) electrons. The van der Waals surface area contributed by atoms with E-state index in [1.807, 2.05) is 0 Å². The van der Waals surface area contributed by atoms with Crippen LogP contribution in [-0.4, -0.2) is 62.9 Å². The van der Waals surface area contributed by atoms with E-state index in [9.17, 15) is 19.8 Å². The Morgan fingerprint density at radius 3 is 2.73 bits per heavy atom. The van der Waals surface area contributed by atoms with E-state index in [0.29, 0.717) is 5.56 Å². The average Bonchev–Trinajstić information content (AvgIpc) is 2.77. The summed E-state index contributed by atoms with van der Waals surface area (Å²) in [7, 11) is 1.22. The molecule has 2 heterocycles. The number of rotatable bonds is 4. The maximum absolute atomic E-state index is 12.0. The van der Waals surface area contributed by atoms with E-state index in [4.69, 9.17) is 22.1 Å². The maximum atomic E-state index is 12.0. The molecule has 22 heavy (non-hydrogen) atoms. The highest BCUT2D eigenvalue weighted by atomic mass is 32.1. The van der Waals surface area contributed by atoms with Gasteiger partial charge in [0.05, 0.1) is 20.1 Å². The maximum Gasteiger partial charge on any atom is 0.328 e. The van der Waals surface area contributed by atoms with Gasteiger partial charge in [0.1, 0.15) is 23.0 Å². The van der Waals surface area contributed by atoms with Gasteiger partial charge in [-0.15, -0.1) is 0 Å². The van der Waals surface area contributed by atoms with Crippen LogP contribution >= 0.6 is 12.2 Å². The van der Waals surface area contributed by atoms with Crippen molar-refractivity contribution in [2.24, 2.45) is 0 Å². The first-order valence-corrected chi connectivity index (χ1v) is 6.83. The fraction of sp³-hybridized carbons (Fsp3) is 0.583. The van der Waals surface area contributed by atoms with Crippen molar-refractivity contribution in [1.82, 2.24) is 9.55 Å². The molecule has 1 fully saturated rings. The highest BCUT2D eigenvalue weighted by molar-refractivity contribution is 7.71. The Morgan fingerprint density at radius 2 is 2.18 bits per heavy atom. The fourth-order valence-corrected chi connectivity index (χ4v) is 2.39. The predicted octanol–water partition coefficient (Wildman–Crippen LogP) is -1.77. The van der Waals surface area contributed by atoms with Crippen LogP contribution in [0.1, 0.15) is 11.8 Å². The number of aromatic amines is 1. The van der Waals surface area contributed by atoms with Gasteiger partial charge in [-0.2, -0.15) is 0 Å². The van der Waals surface area contributed by atoms with Crippen molar-refractivity contribution >= 4 is 18.2 Å². The molecule has 2 rings (SSSR count). The van der Waals surface area contributed by atoms with Crippen molar-refractivity contribution < 1.29 is 29.6 Å². The Balaban J connectivity index is 2.39. The lowest BCUT2D eigenvalue weighted by atomic mass is 10.1. The van der Waals surface area contributed by atoms with Crippen LogP contribution in [-0.2, 0) is 20.7 Å². The Labute approximate surface area is 129 Å². The van der Waals surface area contributed by atoms with Gasteiger partial charge in [-0.1, -0.05) is 12.2 Å². The van der Waals surface area contributed by atoms with E-state index >= 15 is 0 Å². The van der Waals surface area contributed by atoms with Gasteiger partial charge in [0.15, 0.2) is 6.23 Å². The second kappa shape index (κ2) is 6.67. The number of aliphatic hydroxyl groups is 3. The zero-order valence-corrected chi connectivity index (χ0v) is 12.4. The quantitative estimate of drug-likeness (QED) is 0.376. The second-order valence-corrected chi connectivity index (χ2v) is 5.21. The van der Waals surface area contributed by atoms with Crippen LogP contribution in [0, 0.1) is 4.64 Å². The Morgan fingerprint density at radius 1 is 1.50 bits per heavy atom. The van der Waals surface area contributed by atoms with Gasteiger partial charge < -0.3 is 24.8 Å². The van der Waals surface area contributed by atoms with Crippen molar-refractivity contribution in [3.8, 4) is 0 Å². The Kier molecular flexibility index (Phi) is 5.08. The molecule has 0 amide bonds. The first-order valence-electron chi connectivity index (χ1n) is 6.42. The van der Waals surface area contributed by atoms with Gasteiger partial charge in [0.2, 0.25) is 0 Å². The van der Waals surface area contributed by atoms with Crippen molar-refractivity contribution in [3.63, 3.8) is 0 Å². The number of H-pyrrole nitrogens is 1. The van der Waals surface area contributed by atoms with E-state index in [1.54, 1.807) is 0 Å². The third kappa shape index (κ3) is 3.10. The molecule has 1 aromatic heterocycles. The summed E-state index contributed by atoms with van der Waals surface area (Å²) in [5.41, 5.74) is -0.368. The molecule has 0 unspecified atom stereocenters. The number of carbonyl (C=O) groups is 1. The zero-order chi connectivity index (χ0) is 16.4. The van der Waals surface area contributed by atoms with Gasteiger partial charge in [0.25, 0.3) is 0 Å².